The normalized spacial score (nSPS) is 13.4. The Balaban J connectivity index is 4.17. The highest BCUT2D eigenvalue weighted by Crippen LogP contribution is 2.43. The molecule has 0 spiro atoms. The van der Waals surface area contributed by atoms with Gasteiger partial charge in [-0.15, -0.1) is 0 Å². The minimum absolute atomic E-state index is 0.0371. The van der Waals surface area contributed by atoms with Gasteiger partial charge in [-0.05, 0) is 12.8 Å². The van der Waals surface area contributed by atoms with E-state index in [4.69, 9.17) is 18.5 Å². The van der Waals surface area contributed by atoms with Crippen molar-refractivity contribution >= 4 is 19.8 Å². The highest BCUT2D eigenvalue weighted by Gasteiger charge is 2.27. The monoisotopic (exact) mass is 861 g/mol. The molecule has 0 aromatic rings. The fourth-order valence-electron chi connectivity index (χ4n) is 7.43. The van der Waals surface area contributed by atoms with E-state index in [1.165, 1.54) is 186 Å². The van der Waals surface area contributed by atoms with E-state index < -0.39 is 26.5 Å². The number of unbranched alkanes of at least 4 members (excludes halogenated alkanes) is 33. The maximum absolute atomic E-state index is 12.7. The van der Waals surface area contributed by atoms with Crippen LogP contribution in [0.5, 0.6) is 0 Å². The highest BCUT2D eigenvalue weighted by atomic mass is 31.2. The number of phosphoric ester groups is 1. The molecule has 0 radical (unpaired) electrons. The summed E-state index contributed by atoms with van der Waals surface area (Å²) in [6, 6.07) is 0. The summed E-state index contributed by atoms with van der Waals surface area (Å²) in [6.07, 6.45) is 44.4. The molecule has 0 aliphatic rings. The largest absolute Gasteiger partial charge is 0.472 e. The number of carbonyl (C=O) groups excluding carboxylic acids is 2. The molecule has 10 heteroatoms. The van der Waals surface area contributed by atoms with E-state index in [-0.39, 0.29) is 25.6 Å². The van der Waals surface area contributed by atoms with Gasteiger partial charge < -0.3 is 18.9 Å². The Labute approximate surface area is 365 Å². The summed E-state index contributed by atoms with van der Waals surface area (Å²) in [7, 11) is 1.50. The van der Waals surface area contributed by atoms with Crippen LogP contribution in [0.15, 0.2) is 0 Å². The molecule has 9 nitrogen and oxygen atoms in total. The molecule has 0 aliphatic carbocycles. The van der Waals surface area contributed by atoms with Crippen molar-refractivity contribution < 1.29 is 42.1 Å². The molecule has 0 aliphatic heterocycles. The summed E-state index contributed by atoms with van der Waals surface area (Å²) in [6.45, 7) is 4.48. The number of quaternary nitrogens is 1. The molecule has 0 saturated heterocycles. The Kier molecular flexibility index (Phi) is 41.6. The first kappa shape index (κ1) is 58.0. The second-order valence-corrected chi connectivity index (χ2v) is 20.0. The highest BCUT2D eigenvalue weighted by molar-refractivity contribution is 7.47. The zero-order valence-corrected chi connectivity index (χ0v) is 40.7. The predicted molar refractivity (Wildman–Crippen MR) is 248 cm³/mol. The molecule has 0 fully saturated rings. The number of hydrogen-bond acceptors (Lipinski definition) is 7. The van der Waals surface area contributed by atoms with Gasteiger partial charge in [0, 0.05) is 12.8 Å². The fraction of sp³-hybridized carbons (Fsp3) is 0.959. The van der Waals surface area contributed by atoms with Gasteiger partial charge in [0.05, 0.1) is 27.7 Å². The van der Waals surface area contributed by atoms with Crippen molar-refractivity contribution in [2.45, 2.75) is 258 Å². The lowest BCUT2D eigenvalue weighted by atomic mass is 10.0. The second-order valence-electron chi connectivity index (χ2n) is 18.6. The molecular formula is C49H99NO8P+. The maximum atomic E-state index is 12.7. The van der Waals surface area contributed by atoms with Crippen molar-refractivity contribution in [1.82, 2.24) is 0 Å². The fourth-order valence-corrected chi connectivity index (χ4v) is 8.17. The van der Waals surface area contributed by atoms with E-state index >= 15 is 0 Å². The average Bonchev–Trinajstić information content (AvgIpc) is 3.19. The van der Waals surface area contributed by atoms with E-state index in [1.807, 2.05) is 21.1 Å². The number of nitrogens with zero attached hydrogens (tertiary/aromatic N) is 1. The number of phosphoric acid groups is 1. The van der Waals surface area contributed by atoms with Crippen LogP contribution in [0, 0.1) is 0 Å². The van der Waals surface area contributed by atoms with Crippen LogP contribution in [-0.2, 0) is 32.7 Å². The van der Waals surface area contributed by atoms with Gasteiger partial charge in [-0.3, -0.25) is 18.6 Å². The summed E-state index contributed by atoms with van der Waals surface area (Å²) in [4.78, 5) is 35.5. The van der Waals surface area contributed by atoms with Gasteiger partial charge in [-0.25, -0.2) is 4.57 Å². The van der Waals surface area contributed by atoms with Crippen LogP contribution >= 0.6 is 7.82 Å². The number of carbonyl (C=O) groups is 2. The minimum Gasteiger partial charge on any atom is -0.462 e. The van der Waals surface area contributed by atoms with E-state index in [0.29, 0.717) is 17.4 Å². The van der Waals surface area contributed by atoms with Gasteiger partial charge in [-0.1, -0.05) is 226 Å². The van der Waals surface area contributed by atoms with Crippen molar-refractivity contribution in [2.75, 3.05) is 47.5 Å². The summed E-state index contributed by atoms with van der Waals surface area (Å²) in [5.41, 5.74) is 0. The molecule has 2 atom stereocenters. The Hall–Kier alpha value is -0.990. The van der Waals surface area contributed by atoms with Crippen LogP contribution in [-0.4, -0.2) is 74.9 Å². The van der Waals surface area contributed by atoms with Crippen molar-refractivity contribution in [1.29, 1.82) is 0 Å². The molecule has 0 heterocycles. The summed E-state index contributed by atoms with van der Waals surface area (Å²) >= 11 is 0. The standard InChI is InChI=1S/C49H98NO8P/c1-6-8-10-12-14-16-18-20-22-23-24-25-26-27-28-30-31-33-35-37-39-41-48(51)55-45-47(46-57-59(53,54)56-44-43-50(3,4)5)58-49(52)42-40-38-36-34-32-29-21-19-17-15-13-11-9-7-2/h47H,6-46H2,1-5H3/p+1/t47-/m0/s1. The van der Waals surface area contributed by atoms with Crippen molar-refractivity contribution in [3.05, 3.63) is 0 Å². The van der Waals surface area contributed by atoms with Crippen molar-refractivity contribution in [3.8, 4) is 0 Å². The molecule has 352 valence electrons. The lowest BCUT2D eigenvalue weighted by molar-refractivity contribution is -0.870. The quantitative estimate of drug-likeness (QED) is 0.0279. The van der Waals surface area contributed by atoms with E-state index in [1.54, 1.807) is 0 Å². The molecular weight excluding hydrogens is 762 g/mol. The summed E-state index contributed by atoms with van der Waals surface area (Å²) in [5.74, 6) is -0.779. The lowest BCUT2D eigenvalue weighted by Crippen LogP contribution is -2.37. The van der Waals surface area contributed by atoms with Gasteiger partial charge in [0.15, 0.2) is 6.10 Å². The molecule has 0 saturated carbocycles. The number of ether oxygens (including phenoxy) is 2. The molecule has 1 unspecified atom stereocenters. The average molecular weight is 861 g/mol. The Morgan fingerprint density at radius 1 is 0.458 bits per heavy atom. The summed E-state index contributed by atoms with van der Waals surface area (Å²) < 4.78 is 34.4. The Bertz CT molecular complexity index is 974. The van der Waals surface area contributed by atoms with Gasteiger partial charge >= 0.3 is 19.8 Å². The third-order valence-electron chi connectivity index (χ3n) is 11.4. The van der Waals surface area contributed by atoms with Crippen LogP contribution in [0.1, 0.15) is 251 Å². The van der Waals surface area contributed by atoms with E-state index in [9.17, 15) is 19.0 Å². The number of rotatable bonds is 47. The first-order valence-electron chi connectivity index (χ1n) is 25.3. The lowest BCUT2D eigenvalue weighted by Gasteiger charge is -2.24. The first-order chi connectivity index (χ1) is 28.5. The topological polar surface area (TPSA) is 108 Å². The van der Waals surface area contributed by atoms with Crippen molar-refractivity contribution in [2.24, 2.45) is 0 Å². The molecule has 0 amide bonds. The second kappa shape index (κ2) is 42.3. The maximum Gasteiger partial charge on any atom is 0.472 e. The summed E-state index contributed by atoms with van der Waals surface area (Å²) in [5, 5.41) is 0. The van der Waals surface area contributed by atoms with Gasteiger partial charge in [-0.2, -0.15) is 0 Å². The smallest absolute Gasteiger partial charge is 0.462 e. The Morgan fingerprint density at radius 3 is 1.08 bits per heavy atom. The zero-order valence-electron chi connectivity index (χ0n) is 39.8. The number of likely N-dealkylation sites (N-methyl/N-ethyl adjacent to an activating group) is 1. The SMILES string of the molecule is CCCCCCCCCCCCCCCCCCCCCCCC(=O)OC[C@@H](COP(=O)(O)OCC[N+](C)(C)C)OC(=O)CCCCCCCCCCCCCCCC. The molecule has 59 heavy (non-hydrogen) atoms. The minimum atomic E-state index is -4.37. The molecule has 0 aromatic carbocycles. The van der Waals surface area contributed by atoms with Gasteiger partial charge in [0.2, 0.25) is 0 Å². The molecule has 0 bridgehead atoms. The van der Waals surface area contributed by atoms with Crippen LogP contribution < -0.4 is 0 Å². The first-order valence-corrected chi connectivity index (χ1v) is 26.8. The number of esters is 2. The molecule has 0 rings (SSSR count). The predicted octanol–water partition coefficient (Wildman–Crippen LogP) is 14.8. The van der Waals surface area contributed by atoms with Crippen LogP contribution in [0.4, 0.5) is 0 Å². The third-order valence-corrected chi connectivity index (χ3v) is 12.4. The van der Waals surface area contributed by atoms with Crippen molar-refractivity contribution in [3.63, 3.8) is 0 Å². The zero-order chi connectivity index (χ0) is 43.6. The molecule has 0 aromatic heterocycles. The van der Waals surface area contributed by atoms with Crippen LogP contribution in [0.25, 0.3) is 0 Å². The number of hydrogen-bond donors (Lipinski definition) is 1. The molecule has 1 N–H and O–H groups in total. The van der Waals surface area contributed by atoms with E-state index in [0.717, 1.165) is 38.5 Å². The van der Waals surface area contributed by atoms with Crippen LogP contribution in [0.2, 0.25) is 0 Å². The van der Waals surface area contributed by atoms with Crippen LogP contribution in [0.3, 0.4) is 0 Å². The van der Waals surface area contributed by atoms with Gasteiger partial charge in [0.1, 0.15) is 19.8 Å². The third kappa shape index (κ3) is 46.3. The Morgan fingerprint density at radius 2 is 0.763 bits per heavy atom. The van der Waals surface area contributed by atoms with E-state index in [2.05, 4.69) is 13.8 Å². The van der Waals surface area contributed by atoms with Gasteiger partial charge in [0.25, 0.3) is 0 Å².